The van der Waals surface area contributed by atoms with E-state index in [1.807, 2.05) is 54.6 Å². The molecule has 31 heavy (non-hydrogen) atoms. The minimum atomic E-state index is -0.231. The van der Waals surface area contributed by atoms with Gasteiger partial charge in [-0.25, -0.2) is 4.98 Å². The van der Waals surface area contributed by atoms with Gasteiger partial charge in [0.1, 0.15) is 10.8 Å². The number of benzene rings is 3. The van der Waals surface area contributed by atoms with Crippen LogP contribution in [0.1, 0.15) is 10.4 Å². The summed E-state index contributed by atoms with van der Waals surface area (Å²) in [5.41, 5.74) is 3.41. The number of nitrogens with one attached hydrogen (secondary N) is 1. The van der Waals surface area contributed by atoms with Gasteiger partial charge in [-0.15, -0.1) is 5.10 Å². The van der Waals surface area contributed by atoms with Crippen molar-refractivity contribution in [2.45, 2.75) is 9.92 Å². The molecule has 0 aliphatic carbocycles. The molecule has 9 heteroatoms. The number of para-hydroxylation sites is 3. The maximum Gasteiger partial charge on any atom is 0.259 e. The Kier molecular flexibility index (Phi) is 4.93. The molecule has 2 aromatic heterocycles. The van der Waals surface area contributed by atoms with Gasteiger partial charge in [-0.2, -0.15) is 4.52 Å². The summed E-state index contributed by atoms with van der Waals surface area (Å²) >= 11 is 1.46. The monoisotopic (exact) mass is 428 g/mol. The zero-order valence-corrected chi connectivity index (χ0v) is 17.2. The van der Waals surface area contributed by atoms with Gasteiger partial charge in [-0.3, -0.25) is 4.79 Å². The molecule has 1 amide bonds. The highest BCUT2D eigenvalue weighted by Gasteiger charge is 2.14. The summed E-state index contributed by atoms with van der Waals surface area (Å²) in [5, 5.41) is 15.6. The molecule has 1 N–H and O–H groups in total. The lowest BCUT2D eigenvalue weighted by atomic mass is 10.2. The molecule has 0 aliphatic rings. The number of rotatable bonds is 5. The number of amides is 1. The topological polar surface area (TPSA) is 94.3 Å². The van der Waals surface area contributed by atoms with Gasteiger partial charge in [0.05, 0.1) is 23.7 Å². The summed E-state index contributed by atoms with van der Waals surface area (Å²) in [6, 6.07) is 22.3. The second-order valence-electron chi connectivity index (χ2n) is 6.60. The Morgan fingerprint density at radius 2 is 1.77 bits per heavy atom. The molecule has 0 unspecified atom stereocenters. The number of methoxy groups -OCH3 is 1. The molecule has 0 bridgehead atoms. The molecule has 0 saturated carbocycles. The average molecular weight is 428 g/mol. The van der Waals surface area contributed by atoms with Crippen molar-refractivity contribution in [3.63, 3.8) is 0 Å². The number of fused-ring (bicyclic) bond motifs is 3. The van der Waals surface area contributed by atoms with Crippen LogP contribution in [0.3, 0.4) is 0 Å². The van der Waals surface area contributed by atoms with Crippen molar-refractivity contribution in [1.82, 2.24) is 25.0 Å². The lowest BCUT2D eigenvalue weighted by Crippen LogP contribution is -2.12. The maximum absolute atomic E-state index is 12.6. The predicted molar refractivity (Wildman–Crippen MR) is 118 cm³/mol. The smallest absolute Gasteiger partial charge is 0.259 e. The third-order valence-corrected chi connectivity index (χ3v) is 5.65. The van der Waals surface area contributed by atoms with Gasteiger partial charge < -0.3 is 10.1 Å². The fourth-order valence-electron chi connectivity index (χ4n) is 3.20. The van der Waals surface area contributed by atoms with E-state index >= 15 is 0 Å². The first-order valence-corrected chi connectivity index (χ1v) is 10.2. The maximum atomic E-state index is 12.6. The predicted octanol–water partition coefficient (Wildman–Crippen LogP) is 4.08. The summed E-state index contributed by atoms with van der Waals surface area (Å²) in [4.78, 5) is 18.2. The van der Waals surface area contributed by atoms with E-state index in [1.165, 1.54) is 11.8 Å². The third-order valence-electron chi connectivity index (χ3n) is 4.67. The molecule has 5 rings (SSSR count). The van der Waals surface area contributed by atoms with Crippen molar-refractivity contribution < 1.29 is 9.53 Å². The Balaban J connectivity index is 1.38. The molecule has 5 aromatic rings. The number of carbonyl (C=O) groups excluding carboxylic acids is 1. The Bertz CT molecular complexity index is 1400. The van der Waals surface area contributed by atoms with Crippen molar-refractivity contribution >= 4 is 40.0 Å². The molecular weight excluding hydrogens is 412 g/mol. The Hall–Kier alpha value is -3.98. The fourth-order valence-corrected chi connectivity index (χ4v) is 4.05. The summed E-state index contributed by atoms with van der Waals surface area (Å²) in [5.74, 6) is 0.297. The molecule has 0 saturated heterocycles. The van der Waals surface area contributed by atoms with Gasteiger partial charge in [-0.05, 0) is 59.0 Å². The van der Waals surface area contributed by atoms with Crippen molar-refractivity contribution in [1.29, 1.82) is 0 Å². The average Bonchev–Trinajstić information content (AvgIpc) is 3.31. The second kappa shape index (κ2) is 8.04. The Labute approximate surface area is 181 Å². The standard InChI is InChI=1S/C22H16N6O2S/c1-30-19-9-5-2-6-16(19)21(29)23-14-10-12-15(13-11-14)31-22-20-25-26-27-28(20)18-8-4-3-7-17(18)24-22/h2-13H,1H3,(H,23,29). The normalized spacial score (nSPS) is 11.0. The minimum Gasteiger partial charge on any atom is -0.496 e. The van der Waals surface area contributed by atoms with E-state index in [0.29, 0.717) is 27.7 Å². The van der Waals surface area contributed by atoms with Gasteiger partial charge in [0, 0.05) is 10.6 Å². The molecule has 2 heterocycles. The van der Waals surface area contributed by atoms with Crippen molar-refractivity contribution in [3.8, 4) is 5.75 Å². The number of hydrogen-bond acceptors (Lipinski definition) is 7. The quantitative estimate of drug-likeness (QED) is 0.451. The van der Waals surface area contributed by atoms with E-state index in [2.05, 4.69) is 20.8 Å². The number of tetrazole rings is 1. The zero-order valence-electron chi connectivity index (χ0n) is 16.4. The fraction of sp³-hybridized carbons (Fsp3) is 0.0455. The molecule has 0 radical (unpaired) electrons. The minimum absolute atomic E-state index is 0.231. The highest BCUT2D eigenvalue weighted by molar-refractivity contribution is 7.99. The largest absolute Gasteiger partial charge is 0.496 e. The number of carbonyl (C=O) groups is 1. The highest BCUT2D eigenvalue weighted by Crippen LogP contribution is 2.31. The highest BCUT2D eigenvalue weighted by atomic mass is 32.2. The van der Waals surface area contributed by atoms with Gasteiger partial charge >= 0.3 is 0 Å². The van der Waals surface area contributed by atoms with Crippen LogP contribution < -0.4 is 10.1 Å². The van der Waals surface area contributed by atoms with Crippen LogP contribution in [0.15, 0.2) is 82.7 Å². The van der Waals surface area contributed by atoms with E-state index < -0.39 is 0 Å². The lowest BCUT2D eigenvalue weighted by Gasteiger charge is -2.10. The summed E-state index contributed by atoms with van der Waals surface area (Å²) in [6.45, 7) is 0. The van der Waals surface area contributed by atoms with Crippen LogP contribution in [-0.4, -0.2) is 38.0 Å². The van der Waals surface area contributed by atoms with Crippen LogP contribution in [0.4, 0.5) is 5.69 Å². The van der Waals surface area contributed by atoms with E-state index in [9.17, 15) is 4.79 Å². The molecule has 3 aromatic carbocycles. The van der Waals surface area contributed by atoms with E-state index in [0.717, 1.165) is 15.9 Å². The molecule has 0 fully saturated rings. The van der Waals surface area contributed by atoms with Crippen LogP contribution in [0, 0.1) is 0 Å². The molecule has 8 nitrogen and oxygen atoms in total. The summed E-state index contributed by atoms with van der Waals surface area (Å²) < 4.78 is 6.95. The number of nitrogens with zero attached hydrogens (tertiary/aromatic N) is 5. The van der Waals surface area contributed by atoms with Gasteiger partial charge in [0.25, 0.3) is 5.91 Å². The van der Waals surface area contributed by atoms with Crippen LogP contribution in [-0.2, 0) is 0 Å². The number of hydrogen-bond donors (Lipinski definition) is 1. The van der Waals surface area contributed by atoms with Crippen molar-refractivity contribution in [2.75, 3.05) is 12.4 Å². The van der Waals surface area contributed by atoms with Gasteiger partial charge in [0.2, 0.25) is 5.65 Å². The zero-order chi connectivity index (χ0) is 21.2. The molecule has 0 aliphatic heterocycles. The summed E-state index contributed by atoms with van der Waals surface area (Å²) in [7, 11) is 1.54. The summed E-state index contributed by atoms with van der Waals surface area (Å²) in [6.07, 6.45) is 0. The number of aromatic nitrogens is 5. The lowest BCUT2D eigenvalue weighted by molar-refractivity contribution is 0.102. The SMILES string of the molecule is COc1ccccc1C(=O)Nc1ccc(Sc2nc3ccccc3n3nnnc23)cc1. The molecular formula is C22H16N6O2S. The van der Waals surface area contributed by atoms with Crippen LogP contribution in [0.25, 0.3) is 16.7 Å². The number of anilines is 1. The molecule has 0 atom stereocenters. The van der Waals surface area contributed by atoms with Crippen LogP contribution >= 0.6 is 11.8 Å². The van der Waals surface area contributed by atoms with Crippen molar-refractivity contribution in [2.24, 2.45) is 0 Å². The van der Waals surface area contributed by atoms with Crippen LogP contribution in [0.2, 0.25) is 0 Å². The molecule has 152 valence electrons. The first kappa shape index (κ1) is 19.0. The van der Waals surface area contributed by atoms with Gasteiger partial charge in [-0.1, -0.05) is 36.0 Å². The van der Waals surface area contributed by atoms with E-state index in [4.69, 9.17) is 9.72 Å². The molecule has 0 spiro atoms. The van der Waals surface area contributed by atoms with Crippen molar-refractivity contribution in [3.05, 3.63) is 78.4 Å². The van der Waals surface area contributed by atoms with Gasteiger partial charge in [0.15, 0.2) is 0 Å². The number of ether oxygens (including phenoxy) is 1. The second-order valence-corrected chi connectivity index (χ2v) is 7.66. The first-order chi connectivity index (χ1) is 15.2. The third kappa shape index (κ3) is 3.66. The van der Waals surface area contributed by atoms with E-state index in [1.54, 1.807) is 29.8 Å². The Morgan fingerprint density at radius 1 is 1.00 bits per heavy atom. The van der Waals surface area contributed by atoms with E-state index in [-0.39, 0.29) is 5.91 Å². The first-order valence-electron chi connectivity index (χ1n) is 9.42. The Morgan fingerprint density at radius 3 is 2.61 bits per heavy atom. The van der Waals surface area contributed by atoms with Crippen LogP contribution in [0.5, 0.6) is 5.75 Å².